The summed E-state index contributed by atoms with van der Waals surface area (Å²) in [5, 5.41) is 14.5. The number of carbonyl (C=O) groups is 1. The number of aromatic nitrogens is 4. The Morgan fingerprint density at radius 3 is 2.45 bits per heavy atom. The third kappa shape index (κ3) is 4.18. The Morgan fingerprint density at radius 1 is 1.00 bits per heavy atom. The second kappa shape index (κ2) is 9.23. The first-order valence-electron chi connectivity index (χ1n) is 11.7. The van der Waals surface area contributed by atoms with Crippen LogP contribution in [0.2, 0.25) is 0 Å². The zero-order chi connectivity index (χ0) is 22.7. The fourth-order valence-corrected chi connectivity index (χ4v) is 4.97. The van der Waals surface area contributed by atoms with Gasteiger partial charge in [0.15, 0.2) is 0 Å². The average molecular weight is 444 g/mol. The molecule has 2 heterocycles. The number of amidine groups is 1. The number of H-pyrrole nitrogens is 1. The highest BCUT2D eigenvalue weighted by Gasteiger charge is 2.49. The smallest absolute Gasteiger partial charge is 0.256 e. The number of unbranched alkanes of at least 4 members (excludes halogenated alkanes) is 1. The van der Waals surface area contributed by atoms with Crippen LogP contribution >= 0.6 is 0 Å². The molecule has 1 spiro atoms. The zero-order valence-electron chi connectivity index (χ0n) is 18.7. The number of benzene rings is 2. The minimum atomic E-state index is -0.512. The molecule has 1 saturated carbocycles. The Balaban J connectivity index is 1.37. The summed E-state index contributed by atoms with van der Waals surface area (Å²) >= 11 is 0. The number of rotatable bonds is 8. The molecular formula is C25H29N7O. The van der Waals surface area contributed by atoms with Crippen LogP contribution in [0.1, 0.15) is 50.5 Å². The van der Waals surface area contributed by atoms with E-state index in [1.807, 2.05) is 23.1 Å². The fourth-order valence-electron chi connectivity index (χ4n) is 4.97. The Morgan fingerprint density at radius 2 is 1.76 bits per heavy atom. The van der Waals surface area contributed by atoms with Gasteiger partial charge in [0.05, 0.1) is 6.54 Å². The van der Waals surface area contributed by atoms with Gasteiger partial charge in [-0.25, -0.2) is 0 Å². The predicted octanol–water partition coefficient (Wildman–Crippen LogP) is 3.72. The van der Waals surface area contributed by atoms with Crippen molar-refractivity contribution in [1.29, 1.82) is 0 Å². The lowest BCUT2D eigenvalue weighted by molar-refractivity contribution is -0.131. The van der Waals surface area contributed by atoms with Crippen LogP contribution in [0, 0.1) is 0 Å². The number of aromatic amines is 1. The van der Waals surface area contributed by atoms with Gasteiger partial charge in [-0.1, -0.05) is 61.4 Å². The van der Waals surface area contributed by atoms with E-state index in [0.717, 1.165) is 73.0 Å². The SMILES string of the molecule is NCCCCC1=NC2(CCCC2)C(=O)N1Cc1ccc(-c2ccccc2-c2nn[nH]n2)cc1. The molecule has 5 rings (SSSR count). The topological polar surface area (TPSA) is 113 Å². The van der Waals surface area contributed by atoms with Gasteiger partial charge in [0.25, 0.3) is 5.91 Å². The lowest BCUT2D eigenvalue weighted by Crippen LogP contribution is -2.40. The van der Waals surface area contributed by atoms with Crippen molar-refractivity contribution >= 4 is 11.7 Å². The second-order valence-electron chi connectivity index (χ2n) is 8.88. The van der Waals surface area contributed by atoms with E-state index in [9.17, 15) is 4.79 Å². The number of amides is 1. The number of tetrazole rings is 1. The van der Waals surface area contributed by atoms with E-state index in [2.05, 4.69) is 51.0 Å². The third-order valence-corrected chi connectivity index (χ3v) is 6.70. The number of nitrogens with one attached hydrogen (secondary N) is 1. The molecule has 3 aromatic rings. The Hall–Kier alpha value is -3.39. The fraction of sp³-hybridized carbons (Fsp3) is 0.400. The van der Waals surface area contributed by atoms with E-state index in [4.69, 9.17) is 10.7 Å². The molecule has 2 aliphatic rings. The number of nitrogens with two attached hydrogens (primary N) is 1. The number of hydrogen-bond donors (Lipinski definition) is 2. The number of nitrogens with zero attached hydrogens (tertiary/aromatic N) is 5. The van der Waals surface area contributed by atoms with E-state index in [1.165, 1.54) is 0 Å². The summed E-state index contributed by atoms with van der Waals surface area (Å²) in [5.41, 5.74) is 9.29. The molecular weight excluding hydrogens is 414 g/mol. The van der Waals surface area contributed by atoms with Crippen LogP contribution in [0.15, 0.2) is 53.5 Å². The van der Waals surface area contributed by atoms with Crippen molar-refractivity contribution in [1.82, 2.24) is 25.5 Å². The van der Waals surface area contributed by atoms with Crippen LogP contribution in [-0.2, 0) is 11.3 Å². The minimum Gasteiger partial charge on any atom is -0.330 e. The summed E-state index contributed by atoms with van der Waals surface area (Å²) < 4.78 is 0. The minimum absolute atomic E-state index is 0.175. The van der Waals surface area contributed by atoms with Gasteiger partial charge in [0.2, 0.25) is 5.82 Å². The Bertz CT molecular complexity index is 1130. The monoisotopic (exact) mass is 443 g/mol. The van der Waals surface area contributed by atoms with Gasteiger partial charge in [-0.15, -0.1) is 10.2 Å². The van der Waals surface area contributed by atoms with Gasteiger partial charge in [0.1, 0.15) is 11.4 Å². The van der Waals surface area contributed by atoms with Crippen LogP contribution in [0.25, 0.3) is 22.5 Å². The van der Waals surface area contributed by atoms with Gasteiger partial charge in [0, 0.05) is 12.0 Å². The molecule has 8 heteroatoms. The van der Waals surface area contributed by atoms with Crippen molar-refractivity contribution in [2.24, 2.45) is 10.7 Å². The van der Waals surface area contributed by atoms with Crippen molar-refractivity contribution in [2.75, 3.05) is 6.54 Å². The lowest BCUT2D eigenvalue weighted by atomic mass is 9.97. The standard InChI is InChI=1S/C25H29N7O/c26-16-6-3-9-22-27-25(14-4-5-15-25)24(33)32(22)17-18-10-12-19(13-11-18)20-7-1-2-8-21(20)23-28-30-31-29-23/h1-2,7-8,10-13H,3-6,9,14-17,26H2,(H,28,29,30,31). The summed E-state index contributed by atoms with van der Waals surface area (Å²) in [6.07, 6.45) is 6.61. The Kier molecular flexibility index (Phi) is 6.00. The van der Waals surface area contributed by atoms with Gasteiger partial charge in [-0.2, -0.15) is 5.21 Å². The summed E-state index contributed by atoms with van der Waals surface area (Å²) in [5.74, 6) is 1.67. The molecule has 8 nitrogen and oxygen atoms in total. The molecule has 0 unspecified atom stereocenters. The number of carbonyl (C=O) groups excluding carboxylic acids is 1. The van der Waals surface area contributed by atoms with Crippen LogP contribution in [0.3, 0.4) is 0 Å². The summed E-state index contributed by atoms with van der Waals surface area (Å²) in [6.45, 7) is 1.22. The molecule has 2 aromatic carbocycles. The number of aliphatic imine (C=N–C) groups is 1. The summed E-state index contributed by atoms with van der Waals surface area (Å²) in [7, 11) is 0. The lowest BCUT2D eigenvalue weighted by Gasteiger charge is -2.23. The van der Waals surface area contributed by atoms with Crippen molar-refractivity contribution < 1.29 is 4.79 Å². The maximum atomic E-state index is 13.4. The molecule has 0 saturated heterocycles. The molecule has 1 aliphatic heterocycles. The van der Waals surface area contributed by atoms with E-state index >= 15 is 0 Å². The van der Waals surface area contributed by atoms with Crippen molar-refractivity contribution in [3.8, 4) is 22.5 Å². The van der Waals surface area contributed by atoms with Crippen LogP contribution < -0.4 is 5.73 Å². The first kappa shape index (κ1) is 21.5. The highest BCUT2D eigenvalue weighted by molar-refractivity contribution is 6.08. The van der Waals surface area contributed by atoms with E-state index in [1.54, 1.807) is 0 Å². The molecule has 0 atom stereocenters. The molecule has 0 radical (unpaired) electrons. The van der Waals surface area contributed by atoms with Gasteiger partial charge in [-0.05, 0) is 54.1 Å². The van der Waals surface area contributed by atoms with Gasteiger partial charge in [-0.3, -0.25) is 14.7 Å². The summed E-state index contributed by atoms with van der Waals surface area (Å²) in [4.78, 5) is 20.3. The first-order valence-corrected chi connectivity index (χ1v) is 11.7. The molecule has 1 aromatic heterocycles. The molecule has 1 aliphatic carbocycles. The zero-order valence-corrected chi connectivity index (χ0v) is 18.7. The number of hydrogen-bond acceptors (Lipinski definition) is 6. The van der Waals surface area contributed by atoms with Crippen LogP contribution in [-0.4, -0.2) is 49.4 Å². The van der Waals surface area contributed by atoms with Crippen molar-refractivity contribution in [2.45, 2.75) is 57.0 Å². The maximum absolute atomic E-state index is 13.4. The maximum Gasteiger partial charge on any atom is 0.256 e. The quantitative estimate of drug-likeness (QED) is 0.515. The van der Waals surface area contributed by atoms with Gasteiger partial charge >= 0.3 is 0 Å². The highest BCUT2D eigenvalue weighted by atomic mass is 16.2. The molecule has 33 heavy (non-hydrogen) atoms. The Labute approximate surface area is 193 Å². The van der Waals surface area contributed by atoms with Crippen molar-refractivity contribution in [3.63, 3.8) is 0 Å². The van der Waals surface area contributed by atoms with E-state index < -0.39 is 5.54 Å². The van der Waals surface area contributed by atoms with E-state index in [0.29, 0.717) is 18.9 Å². The van der Waals surface area contributed by atoms with Crippen molar-refractivity contribution in [3.05, 3.63) is 54.1 Å². The molecule has 170 valence electrons. The van der Waals surface area contributed by atoms with E-state index in [-0.39, 0.29) is 5.91 Å². The molecule has 0 bridgehead atoms. The second-order valence-corrected chi connectivity index (χ2v) is 8.88. The molecule has 3 N–H and O–H groups in total. The van der Waals surface area contributed by atoms with Crippen LogP contribution in [0.4, 0.5) is 0 Å². The molecule has 1 fully saturated rings. The third-order valence-electron chi connectivity index (χ3n) is 6.70. The average Bonchev–Trinajstić information content (AvgIpc) is 3.59. The normalized spacial score (nSPS) is 17.2. The van der Waals surface area contributed by atoms with Gasteiger partial charge < -0.3 is 5.73 Å². The molecule has 1 amide bonds. The first-order chi connectivity index (χ1) is 16.2. The summed E-state index contributed by atoms with van der Waals surface area (Å²) in [6, 6.07) is 16.4. The highest BCUT2D eigenvalue weighted by Crippen LogP contribution is 2.40. The predicted molar refractivity (Wildman–Crippen MR) is 127 cm³/mol. The van der Waals surface area contributed by atoms with Crippen LogP contribution in [0.5, 0.6) is 0 Å². The largest absolute Gasteiger partial charge is 0.330 e.